The molecule has 2 heterocycles. The average Bonchev–Trinajstić information content (AvgIpc) is 3.55. The van der Waals surface area contributed by atoms with Gasteiger partial charge >= 0.3 is 0 Å². The Kier molecular flexibility index (Phi) is 8.16. The molecular formula is C38H36N6O7. The minimum Gasteiger partial charge on any atom is -0.487 e. The van der Waals surface area contributed by atoms with Gasteiger partial charge in [0.25, 0.3) is 11.4 Å². The number of carbonyl (C=O) groups is 2. The van der Waals surface area contributed by atoms with Gasteiger partial charge < -0.3 is 9.64 Å². The van der Waals surface area contributed by atoms with E-state index in [2.05, 4.69) is 10.3 Å². The number of benzene rings is 3. The maximum atomic E-state index is 14.4. The molecule has 0 saturated heterocycles. The molecule has 3 aromatic carbocycles. The number of non-ortho nitro benzene ring substituents is 2. The molecule has 0 N–H and O–H groups in total. The van der Waals surface area contributed by atoms with E-state index in [0.717, 1.165) is 11.4 Å². The molecule has 0 unspecified atom stereocenters. The lowest BCUT2D eigenvalue weighted by molar-refractivity contribution is -0.385. The minimum atomic E-state index is -0.714. The van der Waals surface area contributed by atoms with Crippen LogP contribution in [-0.4, -0.2) is 36.4 Å². The number of hydrogen-bond acceptors (Lipinski definition) is 10. The van der Waals surface area contributed by atoms with Gasteiger partial charge in [-0.1, -0.05) is 63.2 Å². The van der Waals surface area contributed by atoms with Gasteiger partial charge in [0.2, 0.25) is 0 Å². The van der Waals surface area contributed by atoms with Crippen molar-refractivity contribution in [2.75, 3.05) is 4.90 Å². The Bertz CT molecular complexity index is 2140. The predicted molar refractivity (Wildman–Crippen MR) is 187 cm³/mol. The van der Waals surface area contributed by atoms with Gasteiger partial charge in [-0.15, -0.1) is 5.10 Å². The first-order valence-corrected chi connectivity index (χ1v) is 16.7. The third kappa shape index (κ3) is 6.31. The summed E-state index contributed by atoms with van der Waals surface area (Å²) in [6.45, 7) is 8.14. The molecule has 0 fully saturated rings. The lowest BCUT2D eigenvalue weighted by atomic mass is 9.63. The normalized spacial score (nSPS) is 18.4. The van der Waals surface area contributed by atoms with Crippen LogP contribution in [0.4, 0.5) is 17.1 Å². The number of anilines is 1. The molecule has 0 bridgehead atoms. The summed E-state index contributed by atoms with van der Waals surface area (Å²) >= 11 is 0. The highest BCUT2D eigenvalue weighted by atomic mass is 16.6. The van der Waals surface area contributed by atoms with E-state index in [-0.39, 0.29) is 42.4 Å². The van der Waals surface area contributed by atoms with Crippen LogP contribution in [-0.2, 0) is 16.2 Å². The van der Waals surface area contributed by atoms with Gasteiger partial charge in [-0.2, -0.15) is 0 Å². The van der Waals surface area contributed by atoms with E-state index in [1.807, 2.05) is 50.8 Å². The standard InChI is InChI=1S/C38H36N6O7/c1-37(2)17-29-35(31(45)19-37)34(36-30(18-38(3,4)20-32(36)46)42(29)25-10-8-12-27(16-25)44(49)50)28-13-5-6-14-33(28)51-22-23-21-41(40-39-23)24-9-7-11-26(15-24)43(47)48/h5-16,21,34H,17-20,22H2,1-4H3. The Hall–Kier alpha value is -5.98. The van der Waals surface area contributed by atoms with Crippen molar-refractivity contribution in [1.82, 2.24) is 15.0 Å². The number of nitro benzene ring substituents is 2. The maximum Gasteiger partial charge on any atom is 0.271 e. The first kappa shape index (κ1) is 33.5. The number of rotatable bonds is 8. The Morgan fingerprint density at radius 1 is 0.765 bits per heavy atom. The Morgan fingerprint density at radius 2 is 1.31 bits per heavy atom. The Labute approximate surface area is 293 Å². The van der Waals surface area contributed by atoms with Crippen molar-refractivity contribution < 1.29 is 24.2 Å². The predicted octanol–water partition coefficient (Wildman–Crippen LogP) is 7.55. The summed E-state index contributed by atoms with van der Waals surface area (Å²) in [4.78, 5) is 52.9. The Balaban J connectivity index is 1.33. The molecule has 13 heteroatoms. The number of Topliss-reactive ketones (excluding diaryl/α,β-unsaturated/α-hetero) is 2. The van der Waals surface area contributed by atoms with Crippen LogP contribution < -0.4 is 9.64 Å². The van der Waals surface area contributed by atoms with Gasteiger partial charge in [0.1, 0.15) is 18.1 Å². The van der Waals surface area contributed by atoms with Crippen molar-refractivity contribution in [1.29, 1.82) is 0 Å². The monoisotopic (exact) mass is 688 g/mol. The number of aromatic nitrogens is 3. The third-order valence-corrected chi connectivity index (χ3v) is 9.66. The van der Waals surface area contributed by atoms with Gasteiger partial charge in [0.05, 0.1) is 27.4 Å². The minimum absolute atomic E-state index is 0.00175. The van der Waals surface area contributed by atoms with Crippen molar-refractivity contribution >= 4 is 28.6 Å². The number of para-hydroxylation sites is 1. The number of nitrogens with zero attached hydrogens (tertiary/aromatic N) is 6. The largest absolute Gasteiger partial charge is 0.487 e. The number of allylic oxidation sites excluding steroid dienone is 4. The topological polar surface area (TPSA) is 164 Å². The summed E-state index contributed by atoms with van der Waals surface area (Å²) in [5.41, 5.74) is 3.65. The Morgan fingerprint density at radius 3 is 1.90 bits per heavy atom. The van der Waals surface area contributed by atoms with Crippen molar-refractivity contribution in [2.45, 2.75) is 65.9 Å². The molecule has 51 heavy (non-hydrogen) atoms. The van der Waals surface area contributed by atoms with Crippen LogP contribution in [0.2, 0.25) is 0 Å². The van der Waals surface area contributed by atoms with E-state index >= 15 is 0 Å². The molecule has 7 rings (SSSR count). The van der Waals surface area contributed by atoms with Crippen LogP contribution >= 0.6 is 0 Å². The van der Waals surface area contributed by atoms with E-state index in [1.54, 1.807) is 36.5 Å². The fraction of sp³-hybridized carbons (Fsp3) is 0.316. The molecule has 13 nitrogen and oxygen atoms in total. The van der Waals surface area contributed by atoms with Crippen LogP contribution in [0.1, 0.15) is 70.6 Å². The highest BCUT2D eigenvalue weighted by molar-refractivity contribution is 6.08. The summed E-state index contributed by atoms with van der Waals surface area (Å²) in [5.74, 6) is -0.416. The summed E-state index contributed by atoms with van der Waals surface area (Å²) < 4.78 is 7.80. The summed E-state index contributed by atoms with van der Waals surface area (Å²) in [7, 11) is 0. The number of carbonyl (C=O) groups excluding carboxylic acids is 2. The van der Waals surface area contributed by atoms with E-state index in [1.165, 1.54) is 28.9 Å². The summed E-state index contributed by atoms with van der Waals surface area (Å²) in [6, 6.07) is 19.7. The van der Waals surface area contributed by atoms with Crippen LogP contribution in [0.15, 0.2) is 102 Å². The smallest absolute Gasteiger partial charge is 0.271 e. The van der Waals surface area contributed by atoms with Gasteiger partial charge in [0, 0.05) is 71.1 Å². The summed E-state index contributed by atoms with van der Waals surface area (Å²) in [5, 5.41) is 31.5. The van der Waals surface area contributed by atoms with Crippen molar-refractivity contribution in [3.05, 3.63) is 133 Å². The van der Waals surface area contributed by atoms with Gasteiger partial charge in [0.15, 0.2) is 11.6 Å². The zero-order chi connectivity index (χ0) is 36.2. The first-order valence-electron chi connectivity index (χ1n) is 16.7. The molecule has 2 aliphatic carbocycles. The SMILES string of the molecule is CC1(C)CC(=O)C2=C(C1)N(c1cccc([N+](=O)[O-])c1)C1=C(C(=O)CC(C)(C)C1)C2c1ccccc1OCc1cn(-c2cccc([N+](=O)[O-])c2)nn1. The van der Waals surface area contributed by atoms with Crippen LogP contribution in [0.5, 0.6) is 5.75 Å². The second-order valence-corrected chi connectivity index (χ2v) is 14.9. The highest BCUT2D eigenvalue weighted by Crippen LogP contribution is 2.56. The van der Waals surface area contributed by atoms with E-state index in [4.69, 9.17) is 4.74 Å². The lowest BCUT2D eigenvalue weighted by Crippen LogP contribution is -2.44. The molecule has 0 radical (unpaired) electrons. The molecular weight excluding hydrogens is 652 g/mol. The number of hydrogen-bond donors (Lipinski definition) is 0. The fourth-order valence-corrected chi connectivity index (χ4v) is 7.58. The zero-order valence-electron chi connectivity index (χ0n) is 28.7. The van der Waals surface area contributed by atoms with Crippen LogP contribution in [0.25, 0.3) is 5.69 Å². The van der Waals surface area contributed by atoms with Crippen LogP contribution in [0.3, 0.4) is 0 Å². The molecule has 260 valence electrons. The summed E-state index contributed by atoms with van der Waals surface area (Å²) in [6.07, 6.45) is 3.21. The fourth-order valence-electron chi connectivity index (χ4n) is 7.58. The van der Waals surface area contributed by atoms with Gasteiger partial charge in [-0.25, -0.2) is 4.68 Å². The van der Waals surface area contributed by atoms with Crippen molar-refractivity contribution in [2.24, 2.45) is 10.8 Å². The molecule has 3 aliphatic rings. The number of ether oxygens (including phenoxy) is 1. The lowest BCUT2D eigenvalue weighted by Gasteiger charge is -2.49. The van der Waals surface area contributed by atoms with Crippen molar-refractivity contribution in [3.8, 4) is 11.4 Å². The van der Waals surface area contributed by atoms with E-state index < -0.39 is 26.6 Å². The molecule has 0 amide bonds. The van der Waals surface area contributed by atoms with E-state index in [0.29, 0.717) is 52.4 Å². The second kappa shape index (κ2) is 12.4. The first-order chi connectivity index (χ1) is 24.2. The molecule has 4 aromatic rings. The van der Waals surface area contributed by atoms with Gasteiger partial charge in [-0.05, 0) is 41.9 Å². The zero-order valence-corrected chi connectivity index (χ0v) is 28.7. The molecule has 0 atom stereocenters. The quantitative estimate of drug-likeness (QED) is 0.133. The third-order valence-electron chi connectivity index (χ3n) is 9.66. The van der Waals surface area contributed by atoms with Crippen molar-refractivity contribution in [3.63, 3.8) is 0 Å². The van der Waals surface area contributed by atoms with Crippen LogP contribution in [0, 0.1) is 31.1 Å². The number of ketones is 2. The highest BCUT2D eigenvalue weighted by Gasteiger charge is 2.50. The van der Waals surface area contributed by atoms with E-state index in [9.17, 15) is 29.8 Å². The maximum absolute atomic E-state index is 14.4. The molecule has 1 aromatic heterocycles. The van der Waals surface area contributed by atoms with Gasteiger partial charge in [-0.3, -0.25) is 29.8 Å². The average molecular weight is 689 g/mol. The number of nitro groups is 2. The molecule has 1 aliphatic heterocycles. The molecule has 0 saturated carbocycles. The molecule has 0 spiro atoms. The second-order valence-electron chi connectivity index (χ2n) is 14.9.